The Kier molecular flexibility index (Phi) is 10.9. The standard InChI is InChI=1S/C39H44F4N6O5/c1-4-30-31(40)7-6-26-18-29(54-37(50)52-21-25(2)3)19-27(32(26)30)20-49-24-44-33-34(49)45-36(48-12-5-16-51-17-15-48)46-35(33)53-23-38(10-11-38)22-47-13-8-28(9-14-47)39(41,42)43/h1,6-7,18-19,24-25,28H,5,8-17,20-23H2,2-3H3. The first-order chi connectivity index (χ1) is 25.9. The molecular formula is C39H44F4N6O5. The van der Waals surface area contributed by atoms with Crippen LogP contribution in [-0.2, 0) is 16.0 Å². The lowest BCUT2D eigenvalue weighted by Gasteiger charge is -2.35. The van der Waals surface area contributed by atoms with Crippen molar-refractivity contribution in [2.24, 2.45) is 17.3 Å². The van der Waals surface area contributed by atoms with Crippen molar-refractivity contribution >= 4 is 34.0 Å². The SMILES string of the molecule is C#Cc1c(F)ccc2cc(OC(=O)OCC(C)C)cc(Cn3cnc4c(OCC5(CN6CCC(C(F)(F)F)CC6)CC5)nc(N5CCCOCC5)nc43)c12. The number of rotatable bonds is 11. The summed E-state index contributed by atoms with van der Waals surface area (Å²) in [5, 5.41) is 1.05. The molecule has 4 aromatic rings. The molecule has 15 heteroatoms. The number of anilines is 1. The fourth-order valence-corrected chi connectivity index (χ4v) is 7.22. The molecule has 2 saturated heterocycles. The third kappa shape index (κ3) is 8.50. The highest BCUT2D eigenvalue weighted by atomic mass is 19.4. The van der Waals surface area contributed by atoms with Gasteiger partial charge in [0.2, 0.25) is 11.8 Å². The summed E-state index contributed by atoms with van der Waals surface area (Å²) in [6, 6.07) is 6.10. The van der Waals surface area contributed by atoms with Gasteiger partial charge in [-0.3, -0.25) is 0 Å². The van der Waals surface area contributed by atoms with Crippen LogP contribution < -0.4 is 14.4 Å². The maximum absolute atomic E-state index is 15.1. The molecule has 3 fully saturated rings. The van der Waals surface area contributed by atoms with E-state index in [-0.39, 0.29) is 48.6 Å². The minimum Gasteiger partial charge on any atom is -0.475 e. The molecule has 4 heterocycles. The van der Waals surface area contributed by atoms with Crippen molar-refractivity contribution in [3.63, 3.8) is 0 Å². The monoisotopic (exact) mass is 752 g/mol. The normalized spacial score (nSPS) is 18.1. The summed E-state index contributed by atoms with van der Waals surface area (Å²) in [4.78, 5) is 31.2. The molecule has 288 valence electrons. The van der Waals surface area contributed by atoms with Gasteiger partial charge in [0.25, 0.3) is 0 Å². The Morgan fingerprint density at radius 2 is 1.91 bits per heavy atom. The van der Waals surface area contributed by atoms with Crippen LogP contribution in [0.2, 0.25) is 0 Å². The van der Waals surface area contributed by atoms with E-state index < -0.39 is 24.1 Å². The van der Waals surface area contributed by atoms with E-state index in [4.69, 9.17) is 35.3 Å². The molecule has 3 aliphatic rings. The molecule has 0 spiro atoms. The van der Waals surface area contributed by atoms with E-state index >= 15 is 4.39 Å². The summed E-state index contributed by atoms with van der Waals surface area (Å²) in [6.07, 6.45) is 5.19. The molecule has 0 bridgehead atoms. The van der Waals surface area contributed by atoms with Gasteiger partial charge in [0.15, 0.2) is 11.2 Å². The van der Waals surface area contributed by atoms with Crippen LogP contribution in [0, 0.1) is 35.4 Å². The number of piperidine rings is 1. The zero-order valence-corrected chi connectivity index (χ0v) is 30.5. The second-order valence-electron chi connectivity index (χ2n) is 15.0. The second-order valence-corrected chi connectivity index (χ2v) is 15.0. The zero-order chi connectivity index (χ0) is 38.0. The van der Waals surface area contributed by atoms with Crippen molar-refractivity contribution in [2.45, 2.75) is 58.7 Å². The molecule has 2 aromatic carbocycles. The molecule has 0 N–H and O–H groups in total. The molecule has 0 amide bonds. The first-order valence-electron chi connectivity index (χ1n) is 18.5. The van der Waals surface area contributed by atoms with Crippen molar-refractivity contribution in [3.05, 3.63) is 47.5 Å². The molecule has 2 aromatic heterocycles. The van der Waals surface area contributed by atoms with Gasteiger partial charge < -0.3 is 33.3 Å². The Morgan fingerprint density at radius 3 is 2.63 bits per heavy atom. The zero-order valence-electron chi connectivity index (χ0n) is 30.5. The van der Waals surface area contributed by atoms with Crippen LogP contribution in [0.25, 0.3) is 21.9 Å². The van der Waals surface area contributed by atoms with Gasteiger partial charge >= 0.3 is 12.3 Å². The molecule has 1 saturated carbocycles. The number of hydrogen-bond donors (Lipinski definition) is 0. The topological polar surface area (TPSA) is 104 Å². The molecule has 0 radical (unpaired) electrons. The van der Waals surface area contributed by atoms with E-state index in [0.717, 1.165) is 19.3 Å². The number of fused-ring (bicyclic) bond motifs is 2. The molecule has 54 heavy (non-hydrogen) atoms. The molecule has 7 rings (SSSR count). The minimum atomic E-state index is -4.16. The molecule has 0 unspecified atom stereocenters. The number of nitrogens with zero attached hydrogens (tertiary/aromatic N) is 6. The Hall–Kier alpha value is -4.68. The van der Waals surface area contributed by atoms with Crippen LogP contribution in [-0.4, -0.2) is 95.9 Å². The molecule has 11 nitrogen and oxygen atoms in total. The third-order valence-corrected chi connectivity index (χ3v) is 10.3. The van der Waals surface area contributed by atoms with E-state index in [2.05, 4.69) is 15.8 Å². The van der Waals surface area contributed by atoms with Crippen LogP contribution in [0.4, 0.5) is 28.3 Å². The van der Waals surface area contributed by atoms with Gasteiger partial charge in [-0.2, -0.15) is 23.1 Å². The largest absolute Gasteiger partial charge is 0.513 e. The predicted octanol–water partition coefficient (Wildman–Crippen LogP) is 6.98. The van der Waals surface area contributed by atoms with Gasteiger partial charge in [0.05, 0.1) is 44.2 Å². The predicted molar refractivity (Wildman–Crippen MR) is 193 cm³/mol. The summed E-state index contributed by atoms with van der Waals surface area (Å²) < 4.78 is 79.7. The van der Waals surface area contributed by atoms with E-state index in [1.54, 1.807) is 29.1 Å². The lowest BCUT2D eigenvalue weighted by Crippen LogP contribution is -2.42. The number of imidazole rings is 1. The van der Waals surface area contributed by atoms with Crippen LogP contribution in [0.15, 0.2) is 30.6 Å². The maximum atomic E-state index is 15.1. The molecule has 1 aliphatic carbocycles. The number of halogens is 4. The van der Waals surface area contributed by atoms with Gasteiger partial charge in [0, 0.05) is 37.0 Å². The number of terminal acetylenes is 1. The highest BCUT2D eigenvalue weighted by molar-refractivity contribution is 5.93. The number of ether oxygens (including phenoxy) is 4. The van der Waals surface area contributed by atoms with E-state index in [1.807, 2.05) is 18.7 Å². The van der Waals surface area contributed by atoms with Gasteiger partial charge in [-0.1, -0.05) is 25.8 Å². The third-order valence-electron chi connectivity index (χ3n) is 10.3. The van der Waals surface area contributed by atoms with Gasteiger partial charge in [-0.25, -0.2) is 14.2 Å². The van der Waals surface area contributed by atoms with Crippen LogP contribution >= 0.6 is 0 Å². The Labute approximate surface area is 310 Å². The molecular weight excluding hydrogens is 708 g/mol. The maximum Gasteiger partial charge on any atom is 0.513 e. The van der Waals surface area contributed by atoms with Crippen molar-refractivity contribution in [2.75, 3.05) is 64.1 Å². The summed E-state index contributed by atoms with van der Waals surface area (Å²) >= 11 is 0. The lowest BCUT2D eigenvalue weighted by molar-refractivity contribution is -0.185. The molecule has 0 atom stereocenters. The smallest absolute Gasteiger partial charge is 0.475 e. The molecule has 2 aliphatic heterocycles. The fraction of sp³-hybridized carbons (Fsp3) is 0.538. The average Bonchev–Trinajstić information content (AvgIpc) is 3.87. The number of alkyl halides is 3. The first-order valence-corrected chi connectivity index (χ1v) is 18.5. The van der Waals surface area contributed by atoms with Crippen molar-refractivity contribution in [1.29, 1.82) is 0 Å². The van der Waals surface area contributed by atoms with Crippen LogP contribution in [0.3, 0.4) is 0 Å². The minimum absolute atomic E-state index is 0.0714. The lowest BCUT2D eigenvalue weighted by atomic mass is 9.95. The summed E-state index contributed by atoms with van der Waals surface area (Å²) in [5.74, 6) is 1.72. The number of benzene rings is 2. The summed E-state index contributed by atoms with van der Waals surface area (Å²) in [7, 11) is 0. The van der Waals surface area contributed by atoms with Gasteiger partial charge in [0.1, 0.15) is 11.6 Å². The fourth-order valence-electron chi connectivity index (χ4n) is 7.22. The highest BCUT2D eigenvalue weighted by Crippen LogP contribution is 2.48. The van der Waals surface area contributed by atoms with Crippen LogP contribution in [0.5, 0.6) is 11.6 Å². The highest BCUT2D eigenvalue weighted by Gasteiger charge is 2.47. The Morgan fingerprint density at radius 1 is 1.11 bits per heavy atom. The van der Waals surface area contributed by atoms with Crippen LogP contribution in [0.1, 0.15) is 57.1 Å². The van der Waals surface area contributed by atoms with Crippen molar-refractivity contribution in [1.82, 2.24) is 24.4 Å². The number of likely N-dealkylation sites (tertiary alicyclic amines) is 1. The number of hydrogen-bond acceptors (Lipinski definition) is 10. The average molecular weight is 753 g/mol. The quantitative estimate of drug-likeness (QED) is 0.0690. The van der Waals surface area contributed by atoms with Crippen molar-refractivity contribution < 1.29 is 41.3 Å². The van der Waals surface area contributed by atoms with Crippen molar-refractivity contribution in [3.8, 4) is 24.0 Å². The summed E-state index contributed by atoms with van der Waals surface area (Å²) in [6.45, 7) is 8.28. The van der Waals surface area contributed by atoms with E-state index in [1.165, 1.54) is 6.07 Å². The van der Waals surface area contributed by atoms with E-state index in [0.29, 0.717) is 91.9 Å². The number of aromatic nitrogens is 4. The number of carbonyl (C=O) groups is 1. The number of carbonyl (C=O) groups excluding carboxylic acids is 1. The Balaban J connectivity index is 1.20. The van der Waals surface area contributed by atoms with Gasteiger partial charge in [-0.05, 0) is 80.3 Å². The Bertz CT molecular complexity index is 2030. The van der Waals surface area contributed by atoms with Gasteiger partial charge in [-0.15, -0.1) is 6.42 Å². The van der Waals surface area contributed by atoms with E-state index in [9.17, 15) is 18.0 Å². The first kappa shape index (κ1) is 37.6. The second kappa shape index (κ2) is 15.6. The summed E-state index contributed by atoms with van der Waals surface area (Å²) in [5.41, 5.74) is 1.33.